The molecule has 2 heterocycles. The van der Waals surface area contributed by atoms with Gasteiger partial charge in [0.15, 0.2) is 0 Å². The molecule has 6 heteroatoms. The molecular weight excluding hydrogens is 264 g/mol. The third-order valence-corrected chi connectivity index (χ3v) is 5.20. The van der Waals surface area contributed by atoms with Gasteiger partial charge in [0.1, 0.15) is 6.04 Å². The Morgan fingerprint density at radius 3 is 2.58 bits per heavy atom. The van der Waals surface area contributed by atoms with Crippen molar-refractivity contribution in [2.24, 2.45) is 5.92 Å². The summed E-state index contributed by atoms with van der Waals surface area (Å²) in [6.07, 6.45) is 1.46. The van der Waals surface area contributed by atoms with Crippen LogP contribution in [0.4, 0.5) is 4.79 Å². The van der Waals surface area contributed by atoms with Gasteiger partial charge in [0.25, 0.3) is 0 Å². The highest BCUT2D eigenvalue weighted by atomic mass is 32.2. The molecule has 5 nitrogen and oxygen atoms in total. The Bertz CT molecular complexity index is 364. The number of carboxylic acid groups (broad SMARTS) is 1. The molecule has 1 N–H and O–H groups in total. The zero-order valence-electron chi connectivity index (χ0n) is 11.5. The lowest BCUT2D eigenvalue weighted by atomic mass is 9.92. The van der Waals surface area contributed by atoms with Gasteiger partial charge in [-0.1, -0.05) is 6.92 Å². The Balaban J connectivity index is 2.09. The van der Waals surface area contributed by atoms with E-state index in [0.717, 1.165) is 24.5 Å². The van der Waals surface area contributed by atoms with Crippen molar-refractivity contribution in [2.45, 2.75) is 38.8 Å². The number of carbonyl (C=O) groups excluding carboxylic acids is 1. The van der Waals surface area contributed by atoms with Crippen LogP contribution >= 0.6 is 11.8 Å². The Labute approximate surface area is 118 Å². The Hall–Kier alpha value is -0.910. The van der Waals surface area contributed by atoms with E-state index in [1.165, 1.54) is 0 Å². The van der Waals surface area contributed by atoms with Gasteiger partial charge in [0, 0.05) is 30.6 Å². The fourth-order valence-electron chi connectivity index (χ4n) is 2.78. The van der Waals surface area contributed by atoms with Gasteiger partial charge in [0.05, 0.1) is 0 Å². The molecule has 0 aromatic rings. The van der Waals surface area contributed by atoms with Crippen molar-refractivity contribution < 1.29 is 14.7 Å². The number of hydrogen-bond donors (Lipinski definition) is 1. The molecule has 2 rings (SSSR count). The van der Waals surface area contributed by atoms with Crippen molar-refractivity contribution in [1.29, 1.82) is 0 Å². The number of likely N-dealkylation sites (tertiary alicyclic amines) is 1. The zero-order valence-corrected chi connectivity index (χ0v) is 12.4. The van der Waals surface area contributed by atoms with Crippen molar-refractivity contribution >= 4 is 23.8 Å². The first-order valence-electron chi connectivity index (χ1n) is 6.88. The van der Waals surface area contributed by atoms with Crippen molar-refractivity contribution in [1.82, 2.24) is 9.80 Å². The molecule has 0 aromatic carbocycles. The molecule has 2 aliphatic rings. The highest BCUT2D eigenvalue weighted by Crippen LogP contribution is 2.26. The van der Waals surface area contributed by atoms with E-state index in [9.17, 15) is 14.7 Å². The molecule has 2 amide bonds. The van der Waals surface area contributed by atoms with E-state index in [1.807, 2.05) is 23.6 Å². The van der Waals surface area contributed by atoms with Crippen LogP contribution in [0.15, 0.2) is 0 Å². The molecule has 0 aromatic heterocycles. The van der Waals surface area contributed by atoms with Crippen LogP contribution in [0.1, 0.15) is 26.7 Å². The molecular formula is C13H22N2O3S. The summed E-state index contributed by atoms with van der Waals surface area (Å²) in [6, 6.07) is -0.551. The molecule has 3 atom stereocenters. The van der Waals surface area contributed by atoms with Crippen LogP contribution in [0, 0.1) is 5.92 Å². The van der Waals surface area contributed by atoms with Crippen molar-refractivity contribution in [3.63, 3.8) is 0 Å². The van der Waals surface area contributed by atoms with Gasteiger partial charge in [0.2, 0.25) is 0 Å². The van der Waals surface area contributed by atoms with E-state index in [2.05, 4.69) is 6.92 Å². The van der Waals surface area contributed by atoms with Crippen LogP contribution in [0.25, 0.3) is 0 Å². The average Bonchev–Trinajstić information content (AvgIpc) is 2.38. The number of carboxylic acids is 1. The van der Waals surface area contributed by atoms with Crippen LogP contribution in [-0.2, 0) is 4.79 Å². The van der Waals surface area contributed by atoms with Gasteiger partial charge >= 0.3 is 12.0 Å². The lowest BCUT2D eigenvalue weighted by molar-refractivity contribution is -0.144. The monoisotopic (exact) mass is 286 g/mol. The van der Waals surface area contributed by atoms with E-state index in [1.54, 1.807) is 4.90 Å². The highest BCUT2D eigenvalue weighted by Gasteiger charge is 2.38. The molecule has 3 unspecified atom stereocenters. The Kier molecular flexibility index (Phi) is 4.60. The molecule has 2 fully saturated rings. The minimum Gasteiger partial charge on any atom is -0.480 e. The largest absolute Gasteiger partial charge is 0.480 e. The quantitative estimate of drug-likeness (QED) is 0.797. The zero-order chi connectivity index (χ0) is 14.0. The maximum absolute atomic E-state index is 12.6. The van der Waals surface area contributed by atoms with Crippen LogP contribution in [0.5, 0.6) is 0 Å². The van der Waals surface area contributed by atoms with E-state index in [4.69, 9.17) is 0 Å². The normalized spacial score (nSPS) is 32.2. The van der Waals surface area contributed by atoms with Gasteiger partial charge in [-0.3, -0.25) is 0 Å². The van der Waals surface area contributed by atoms with Crippen molar-refractivity contribution in [2.75, 3.05) is 24.6 Å². The fourth-order valence-corrected chi connectivity index (χ4v) is 3.79. The highest BCUT2D eigenvalue weighted by molar-refractivity contribution is 7.99. The SMILES string of the molecule is CC1CCN(C(=O)N2CCSCC2C)C(C(=O)O)C1. The number of aliphatic carboxylic acids is 1. The van der Waals surface area contributed by atoms with Crippen molar-refractivity contribution in [3.05, 3.63) is 0 Å². The number of hydrogen-bond acceptors (Lipinski definition) is 3. The Morgan fingerprint density at radius 1 is 1.21 bits per heavy atom. The third kappa shape index (κ3) is 3.16. The van der Waals surface area contributed by atoms with Crippen LogP contribution in [0.2, 0.25) is 0 Å². The Morgan fingerprint density at radius 2 is 1.95 bits per heavy atom. The number of nitrogens with zero attached hydrogens (tertiary/aromatic N) is 2. The number of rotatable bonds is 1. The summed E-state index contributed by atoms with van der Waals surface area (Å²) in [7, 11) is 0. The predicted octanol–water partition coefficient (Wildman–Crippen LogP) is 1.73. The fraction of sp³-hybridized carbons (Fsp3) is 0.846. The maximum Gasteiger partial charge on any atom is 0.326 e. The summed E-state index contributed by atoms with van der Waals surface area (Å²) in [6.45, 7) is 5.38. The minimum absolute atomic E-state index is 0.0906. The summed E-state index contributed by atoms with van der Waals surface area (Å²) in [5, 5.41) is 9.32. The molecule has 108 valence electrons. The predicted molar refractivity (Wildman–Crippen MR) is 75.4 cm³/mol. The number of piperidine rings is 1. The molecule has 0 radical (unpaired) electrons. The van der Waals surface area contributed by atoms with Gasteiger partial charge in [-0.2, -0.15) is 11.8 Å². The van der Waals surface area contributed by atoms with Crippen LogP contribution in [-0.4, -0.2) is 63.6 Å². The van der Waals surface area contributed by atoms with Crippen LogP contribution in [0.3, 0.4) is 0 Å². The lowest BCUT2D eigenvalue weighted by Gasteiger charge is -2.42. The van der Waals surface area contributed by atoms with Crippen molar-refractivity contribution in [3.8, 4) is 0 Å². The minimum atomic E-state index is -0.876. The first-order chi connectivity index (χ1) is 9.00. The van der Waals surface area contributed by atoms with Gasteiger partial charge in [-0.15, -0.1) is 0 Å². The first kappa shape index (κ1) is 14.5. The van der Waals surface area contributed by atoms with Crippen LogP contribution < -0.4 is 0 Å². The molecule has 0 aliphatic carbocycles. The summed E-state index contributed by atoms with van der Waals surface area (Å²) >= 11 is 1.85. The second-order valence-corrected chi connectivity index (χ2v) is 6.73. The standard InChI is InChI=1S/C13H22N2O3S/c1-9-3-4-15(11(7-9)12(16)17)13(18)14-5-6-19-8-10(14)2/h9-11H,3-8H2,1-2H3,(H,16,17). The third-order valence-electron chi connectivity index (χ3n) is 4.01. The summed E-state index contributed by atoms with van der Waals surface area (Å²) in [5.74, 6) is 1.38. The average molecular weight is 286 g/mol. The molecule has 2 saturated heterocycles. The topological polar surface area (TPSA) is 60.9 Å². The second-order valence-electron chi connectivity index (χ2n) is 5.58. The first-order valence-corrected chi connectivity index (χ1v) is 8.04. The summed E-state index contributed by atoms with van der Waals surface area (Å²) in [5.41, 5.74) is 0. The lowest BCUT2D eigenvalue weighted by Crippen LogP contribution is -2.57. The smallest absolute Gasteiger partial charge is 0.326 e. The van der Waals surface area contributed by atoms with E-state index in [0.29, 0.717) is 18.9 Å². The second kappa shape index (κ2) is 6.03. The molecule has 0 bridgehead atoms. The van der Waals surface area contributed by atoms with E-state index >= 15 is 0 Å². The van der Waals surface area contributed by atoms with Gasteiger partial charge in [-0.05, 0) is 25.7 Å². The summed E-state index contributed by atoms with van der Waals surface area (Å²) < 4.78 is 0. The van der Waals surface area contributed by atoms with E-state index in [-0.39, 0.29) is 12.1 Å². The number of amides is 2. The molecule has 2 aliphatic heterocycles. The van der Waals surface area contributed by atoms with Gasteiger partial charge in [-0.25, -0.2) is 9.59 Å². The van der Waals surface area contributed by atoms with E-state index < -0.39 is 12.0 Å². The summed E-state index contributed by atoms with van der Waals surface area (Å²) in [4.78, 5) is 27.3. The molecule has 19 heavy (non-hydrogen) atoms. The molecule has 0 saturated carbocycles. The number of carbonyl (C=O) groups is 2. The number of thioether (sulfide) groups is 1. The molecule has 0 spiro atoms. The van der Waals surface area contributed by atoms with Gasteiger partial charge < -0.3 is 14.9 Å². The number of urea groups is 1. The maximum atomic E-state index is 12.6.